The summed E-state index contributed by atoms with van der Waals surface area (Å²) in [6.45, 7) is 0. The first-order valence-corrected chi connectivity index (χ1v) is 11.7. The Kier molecular flexibility index (Phi) is 6.26. The smallest absolute Gasteiger partial charge is 0.310 e. The second-order valence-electron chi connectivity index (χ2n) is 9.87. The van der Waals surface area contributed by atoms with Gasteiger partial charge in [0.15, 0.2) is 0 Å². The van der Waals surface area contributed by atoms with Crippen molar-refractivity contribution in [1.29, 1.82) is 0 Å². The molecule has 2 unspecified atom stereocenters. The molecule has 0 aromatic heterocycles. The first-order valence-electron chi connectivity index (χ1n) is 11.7. The van der Waals surface area contributed by atoms with Crippen LogP contribution in [0.3, 0.4) is 0 Å². The minimum absolute atomic E-state index is 0.0523. The van der Waals surface area contributed by atoms with Gasteiger partial charge < -0.3 is 4.74 Å². The first-order chi connectivity index (χ1) is 13.2. The van der Waals surface area contributed by atoms with Crippen molar-refractivity contribution >= 4 is 5.97 Å². The maximum absolute atomic E-state index is 12.6. The van der Waals surface area contributed by atoms with Gasteiger partial charge >= 0.3 is 5.97 Å². The van der Waals surface area contributed by atoms with Gasteiger partial charge in [-0.3, -0.25) is 9.69 Å². The van der Waals surface area contributed by atoms with E-state index < -0.39 is 0 Å². The molecule has 2 bridgehead atoms. The third-order valence-corrected chi connectivity index (χ3v) is 8.52. The largest absolute Gasteiger partial charge is 0.469 e. The van der Waals surface area contributed by atoms with Crippen LogP contribution < -0.4 is 0 Å². The van der Waals surface area contributed by atoms with Crippen molar-refractivity contribution in [3.05, 3.63) is 12.2 Å². The molecule has 3 nitrogen and oxygen atoms in total. The molecule has 0 radical (unpaired) electrons. The summed E-state index contributed by atoms with van der Waals surface area (Å²) in [4.78, 5) is 15.1. The van der Waals surface area contributed by atoms with E-state index in [4.69, 9.17) is 4.74 Å². The first kappa shape index (κ1) is 19.5. The molecule has 0 N–H and O–H groups in total. The highest BCUT2D eigenvalue weighted by Crippen LogP contribution is 2.48. The summed E-state index contributed by atoms with van der Waals surface area (Å²) in [5, 5.41) is 0. The van der Waals surface area contributed by atoms with E-state index in [1.54, 1.807) is 7.11 Å². The SMILES string of the molecule is COC(=O)C1C2CC[C@H](C[C@@H]1C1CCC(/C=C/C3CCCCC3)CC1)N2C. The fourth-order valence-corrected chi connectivity index (χ4v) is 6.86. The Morgan fingerprint density at radius 2 is 1.56 bits per heavy atom. The van der Waals surface area contributed by atoms with Crippen molar-refractivity contribution in [2.24, 2.45) is 29.6 Å². The van der Waals surface area contributed by atoms with Crippen molar-refractivity contribution in [3.8, 4) is 0 Å². The number of methoxy groups -OCH3 is 1. The van der Waals surface area contributed by atoms with E-state index in [0.717, 1.165) is 17.8 Å². The second-order valence-corrected chi connectivity index (χ2v) is 9.87. The summed E-state index contributed by atoms with van der Waals surface area (Å²) < 4.78 is 5.26. The monoisotopic (exact) mass is 373 g/mol. The molecule has 0 spiro atoms. The molecule has 2 aliphatic heterocycles. The molecular formula is C24H39NO2. The van der Waals surface area contributed by atoms with Gasteiger partial charge in [0.1, 0.15) is 0 Å². The second kappa shape index (κ2) is 8.68. The van der Waals surface area contributed by atoms with Gasteiger partial charge in [-0.05, 0) is 88.5 Å². The number of hydrogen-bond acceptors (Lipinski definition) is 3. The van der Waals surface area contributed by atoms with E-state index in [0.29, 0.717) is 18.0 Å². The summed E-state index contributed by atoms with van der Waals surface area (Å²) in [6, 6.07) is 1.12. The van der Waals surface area contributed by atoms with Gasteiger partial charge in [0, 0.05) is 12.1 Å². The van der Waals surface area contributed by atoms with Gasteiger partial charge in [-0.15, -0.1) is 0 Å². The molecule has 27 heavy (non-hydrogen) atoms. The average Bonchev–Trinajstić information content (AvgIpc) is 2.95. The molecule has 4 rings (SSSR count). The fraction of sp³-hybridized carbons (Fsp3) is 0.875. The molecular weight excluding hydrogens is 334 g/mol. The van der Waals surface area contributed by atoms with Crippen LogP contribution in [0.1, 0.15) is 77.0 Å². The van der Waals surface area contributed by atoms with Gasteiger partial charge in [-0.2, -0.15) is 0 Å². The minimum Gasteiger partial charge on any atom is -0.469 e. The van der Waals surface area contributed by atoms with Gasteiger partial charge in [0.2, 0.25) is 0 Å². The molecule has 2 heterocycles. The van der Waals surface area contributed by atoms with E-state index in [9.17, 15) is 4.79 Å². The molecule has 0 amide bonds. The van der Waals surface area contributed by atoms with Gasteiger partial charge in [-0.1, -0.05) is 31.4 Å². The Morgan fingerprint density at radius 1 is 0.889 bits per heavy atom. The summed E-state index contributed by atoms with van der Waals surface area (Å²) in [5.41, 5.74) is 0. The van der Waals surface area contributed by atoms with Crippen LogP contribution in [0.25, 0.3) is 0 Å². The molecule has 2 saturated heterocycles. The van der Waals surface area contributed by atoms with E-state index in [-0.39, 0.29) is 11.9 Å². The van der Waals surface area contributed by atoms with Crippen molar-refractivity contribution in [2.75, 3.05) is 14.2 Å². The summed E-state index contributed by atoms with van der Waals surface area (Å²) >= 11 is 0. The van der Waals surface area contributed by atoms with E-state index in [1.807, 2.05) is 0 Å². The number of allylic oxidation sites excluding steroid dienone is 2. The molecule has 4 aliphatic rings. The lowest BCUT2D eigenvalue weighted by Gasteiger charge is -2.46. The number of nitrogens with zero attached hydrogens (tertiary/aromatic N) is 1. The van der Waals surface area contributed by atoms with Crippen molar-refractivity contribution in [2.45, 2.75) is 89.1 Å². The van der Waals surface area contributed by atoms with E-state index in [2.05, 4.69) is 24.1 Å². The number of rotatable bonds is 4. The van der Waals surface area contributed by atoms with Crippen LogP contribution in [0.2, 0.25) is 0 Å². The molecule has 2 saturated carbocycles. The maximum atomic E-state index is 12.6. The molecule has 2 aliphatic carbocycles. The van der Waals surface area contributed by atoms with E-state index >= 15 is 0 Å². The van der Waals surface area contributed by atoms with Crippen LogP contribution in [0.4, 0.5) is 0 Å². The van der Waals surface area contributed by atoms with Crippen LogP contribution in [-0.4, -0.2) is 37.1 Å². The predicted molar refractivity (Wildman–Crippen MR) is 109 cm³/mol. The van der Waals surface area contributed by atoms with Crippen LogP contribution in [0, 0.1) is 29.6 Å². The molecule has 0 aromatic rings. The van der Waals surface area contributed by atoms with Crippen LogP contribution in [0.15, 0.2) is 12.2 Å². The fourth-order valence-electron chi connectivity index (χ4n) is 6.86. The highest BCUT2D eigenvalue weighted by molar-refractivity contribution is 5.74. The Bertz CT molecular complexity index is 530. The average molecular weight is 374 g/mol. The number of esters is 1. The molecule has 0 aromatic carbocycles. The summed E-state index contributed by atoms with van der Waals surface area (Å²) in [7, 11) is 3.80. The topological polar surface area (TPSA) is 29.5 Å². The number of fused-ring (bicyclic) bond motifs is 2. The van der Waals surface area contributed by atoms with Crippen LogP contribution in [-0.2, 0) is 9.53 Å². The minimum atomic E-state index is 0.0523. The third-order valence-electron chi connectivity index (χ3n) is 8.52. The van der Waals surface area contributed by atoms with Gasteiger partial charge in [-0.25, -0.2) is 0 Å². The third kappa shape index (κ3) is 4.13. The predicted octanol–water partition coefficient (Wildman–Crippen LogP) is 5.20. The van der Waals surface area contributed by atoms with Crippen molar-refractivity contribution in [3.63, 3.8) is 0 Å². The zero-order chi connectivity index (χ0) is 18.8. The van der Waals surface area contributed by atoms with Gasteiger partial charge in [0.25, 0.3) is 0 Å². The van der Waals surface area contributed by atoms with Crippen LogP contribution >= 0.6 is 0 Å². The number of piperidine rings is 1. The maximum Gasteiger partial charge on any atom is 0.310 e. The quantitative estimate of drug-likeness (QED) is 0.501. The molecule has 4 fully saturated rings. The lowest BCUT2D eigenvalue weighted by atomic mass is 9.66. The number of carbonyl (C=O) groups is 1. The Balaban J connectivity index is 1.35. The summed E-state index contributed by atoms with van der Waals surface area (Å²) in [5.74, 6) is 3.07. The lowest BCUT2D eigenvalue weighted by molar-refractivity contribution is -0.154. The Hall–Kier alpha value is -0.830. The van der Waals surface area contributed by atoms with Crippen LogP contribution in [0.5, 0.6) is 0 Å². The Morgan fingerprint density at radius 3 is 2.22 bits per heavy atom. The van der Waals surface area contributed by atoms with E-state index in [1.165, 1.54) is 77.0 Å². The number of hydrogen-bond donors (Lipinski definition) is 0. The number of ether oxygens (including phenoxy) is 1. The van der Waals surface area contributed by atoms with Crippen molar-refractivity contribution in [1.82, 2.24) is 4.90 Å². The highest BCUT2D eigenvalue weighted by Gasteiger charge is 2.51. The standard InChI is InChI=1S/C24H39NO2/c1-25-20-14-15-22(25)23(24(26)27-2)21(16-20)19-12-10-18(11-13-19)9-8-17-6-4-3-5-7-17/h8-9,17-23H,3-7,10-16H2,1-2H3/b9-8+/t18?,19?,20-,21-,22?,23?/m1/s1. The molecule has 152 valence electrons. The summed E-state index contributed by atoms with van der Waals surface area (Å²) in [6.07, 6.45) is 21.1. The molecule has 3 heteroatoms. The lowest BCUT2D eigenvalue weighted by Crippen LogP contribution is -2.52. The normalized spacial score (nSPS) is 41.1. The molecule has 4 atom stereocenters. The number of carbonyl (C=O) groups excluding carboxylic acids is 1. The highest BCUT2D eigenvalue weighted by atomic mass is 16.5. The van der Waals surface area contributed by atoms with Gasteiger partial charge in [0.05, 0.1) is 13.0 Å². The zero-order valence-corrected chi connectivity index (χ0v) is 17.4. The zero-order valence-electron chi connectivity index (χ0n) is 17.4. The van der Waals surface area contributed by atoms with Crippen molar-refractivity contribution < 1.29 is 9.53 Å². The Labute approximate surface area is 165 Å².